The van der Waals surface area contributed by atoms with E-state index in [9.17, 15) is 26.3 Å². The number of hydrogen-bond donors (Lipinski definition) is 0. The maximum atomic E-state index is 12.9. The zero-order valence-corrected chi connectivity index (χ0v) is 14.4. The van der Waals surface area contributed by atoms with Crippen molar-refractivity contribution in [3.8, 4) is 0 Å². The second-order valence-corrected chi connectivity index (χ2v) is 6.18. The Morgan fingerprint density at radius 1 is 0.821 bits per heavy atom. The van der Waals surface area contributed by atoms with Gasteiger partial charge in [0.2, 0.25) is 0 Å². The molecule has 1 fully saturated rings. The van der Waals surface area contributed by atoms with E-state index in [0.717, 1.165) is 0 Å². The van der Waals surface area contributed by atoms with Gasteiger partial charge in [-0.15, -0.1) is 0 Å². The molecule has 3 rings (SSSR count). The van der Waals surface area contributed by atoms with Crippen molar-refractivity contribution in [2.75, 3.05) is 13.2 Å². The maximum Gasteiger partial charge on any atom is 0.416 e. The molecular formula is C19H16F6O3. The highest BCUT2D eigenvalue weighted by atomic mass is 19.4. The first-order valence-corrected chi connectivity index (χ1v) is 8.32. The van der Waals surface area contributed by atoms with Gasteiger partial charge >= 0.3 is 12.4 Å². The summed E-state index contributed by atoms with van der Waals surface area (Å²) in [6.07, 6.45) is -10.3. The fourth-order valence-electron chi connectivity index (χ4n) is 2.82. The van der Waals surface area contributed by atoms with Crippen LogP contribution in [0.1, 0.15) is 34.1 Å². The van der Waals surface area contributed by atoms with Crippen molar-refractivity contribution in [3.05, 3.63) is 70.3 Å². The van der Waals surface area contributed by atoms with Crippen LogP contribution in [-0.4, -0.2) is 13.2 Å². The van der Waals surface area contributed by atoms with E-state index in [1.54, 1.807) is 24.3 Å². The molecule has 1 aliphatic rings. The molecule has 0 bridgehead atoms. The molecule has 0 unspecified atom stereocenters. The molecule has 0 amide bonds. The highest BCUT2D eigenvalue weighted by Crippen LogP contribution is 2.36. The fraction of sp³-hybridized carbons (Fsp3) is 0.368. The minimum Gasteiger partial charge on any atom is -0.372 e. The summed E-state index contributed by atoms with van der Waals surface area (Å²) in [7, 11) is 0. The summed E-state index contributed by atoms with van der Waals surface area (Å²) < 4.78 is 93.7. The van der Waals surface area contributed by atoms with Crippen LogP contribution in [0.15, 0.2) is 42.5 Å². The summed E-state index contributed by atoms with van der Waals surface area (Å²) >= 11 is 0. The maximum absolute atomic E-state index is 12.9. The molecule has 2 aromatic carbocycles. The number of alkyl halides is 6. The minimum atomic E-state index is -4.89. The summed E-state index contributed by atoms with van der Waals surface area (Å²) in [5.74, 6) is 0. The Morgan fingerprint density at radius 2 is 1.39 bits per heavy atom. The van der Waals surface area contributed by atoms with Crippen LogP contribution in [0.3, 0.4) is 0 Å². The van der Waals surface area contributed by atoms with Crippen molar-refractivity contribution >= 4 is 0 Å². The molecule has 0 spiro atoms. The Morgan fingerprint density at radius 3 is 1.96 bits per heavy atom. The predicted molar refractivity (Wildman–Crippen MR) is 86.0 cm³/mol. The third kappa shape index (κ3) is 5.03. The average Bonchev–Trinajstić information content (AvgIpc) is 3.15. The molecule has 0 aliphatic carbocycles. The second-order valence-electron chi connectivity index (χ2n) is 6.18. The van der Waals surface area contributed by atoms with Crippen LogP contribution >= 0.6 is 0 Å². The van der Waals surface area contributed by atoms with E-state index in [4.69, 9.17) is 14.2 Å². The van der Waals surface area contributed by atoms with Crippen LogP contribution in [0, 0.1) is 0 Å². The predicted octanol–water partition coefficient (Wildman–Crippen LogP) is 5.49. The van der Waals surface area contributed by atoms with Crippen LogP contribution in [0.4, 0.5) is 26.3 Å². The Balaban J connectivity index is 1.75. The van der Waals surface area contributed by atoms with E-state index < -0.39 is 36.4 Å². The highest BCUT2D eigenvalue weighted by Gasteiger charge is 2.36. The zero-order chi connectivity index (χ0) is 20.4. The lowest BCUT2D eigenvalue weighted by Gasteiger charge is -2.16. The summed E-state index contributed by atoms with van der Waals surface area (Å²) in [5, 5.41) is 0. The summed E-state index contributed by atoms with van der Waals surface area (Å²) in [5.41, 5.74) is -1.56. The highest BCUT2D eigenvalue weighted by molar-refractivity contribution is 5.33. The molecular weight excluding hydrogens is 390 g/mol. The number of rotatable bonds is 5. The molecule has 0 atom stereocenters. The number of ether oxygens (including phenoxy) is 3. The smallest absolute Gasteiger partial charge is 0.372 e. The molecule has 2 aromatic rings. The van der Waals surface area contributed by atoms with Crippen molar-refractivity contribution in [2.45, 2.75) is 31.9 Å². The van der Waals surface area contributed by atoms with Crippen LogP contribution in [0.5, 0.6) is 0 Å². The van der Waals surface area contributed by atoms with Crippen molar-refractivity contribution in [1.29, 1.82) is 0 Å². The first-order chi connectivity index (χ1) is 13.1. The Labute approximate surface area is 156 Å². The molecule has 0 N–H and O–H groups in total. The van der Waals surface area contributed by atoms with Gasteiger partial charge in [0, 0.05) is 5.56 Å². The van der Waals surface area contributed by atoms with Gasteiger partial charge in [-0.2, -0.15) is 26.3 Å². The summed E-state index contributed by atoms with van der Waals surface area (Å²) in [6.45, 7) is 0.444. The van der Waals surface area contributed by atoms with Gasteiger partial charge in [0.25, 0.3) is 0 Å². The Kier molecular flexibility index (Phi) is 5.97. The van der Waals surface area contributed by atoms with Crippen LogP contribution in [0.25, 0.3) is 0 Å². The normalized spacial score (nSPS) is 15.9. The van der Waals surface area contributed by atoms with Gasteiger partial charge in [0.05, 0.1) is 37.6 Å². The first kappa shape index (κ1) is 20.6. The molecule has 1 heterocycles. The SMILES string of the molecule is FC(F)(F)c1cc(COCc2ccccc2C2OCCO2)cc(C(F)(F)F)c1. The van der Waals surface area contributed by atoms with Gasteiger partial charge in [-0.05, 0) is 29.3 Å². The molecule has 9 heteroatoms. The number of benzene rings is 2. The van der Waals surface area contributed by atoms with Crippen molar-refractivity contribution in [2.24, 2.45) is 0 Å². The van der Waals surface area contributed by atoms with Crippen molar-refractivity contribution in [1.82, 2.24) is 0 Å². The molecule has 28 heavy (non-hydrogen) atoms. The standard InChI is InChI=1S/C19H16F6O3/c20-18(21,22)14-7-12(8-15(9-14)19(23,24)25)10-26-11-13-3-1-2-4-16(13)17-27-5-6-28-17/h1-4,7-9,17H,5-6,10-11H2. The monoisotopic (exact) mass is 406 g/mol. The van der Waals surface area contributed by atoms with Crippen molar-refractivity contribution in [3.63, 3.8) is 0 Å². The molecule has 0 radical (unpaired) electrons. The first-order valence-electron chi connectivity index (χ1n) is 8.32. The number of halogens is 6. The van der Waals surface area contributed by atoms with E-state index >= 15 is 0 Å². The van der Waals surface area contributed by atoms with Crippen molar-refractivity contribution < 1.29 is 40.6 Å². The molecule has 0 aromatic heterocycles. The van der Waals surface area contributed by atoms with E-state index in [0.29, 0.717) is 36.5 Å². The van der Waals surface area contributed by atoms with Gasteiger partial charge < -0.3 is 14.2 Å². The van der Waals surface area contributed by atoms with Crippen LogP contribution in [-0.2, 0) is 39.8 Å². The topological polar surface area (TPSA) is 27.7 Å². The van der Waals surface area contributed by atoms with Gasteiger partial charge in [-0.1, -0.05) is 24.3 Å². The molecule has 0 saturated carbocycles. The minimum absolute atomic E-state index is 0.0169. The Bertz CT molecular complexity index is 778. The second kappa shape index (κ2) is 8.10. The third-order valence-electron chi connectivity index (χ3n) is 4.10. The number of hydrogen-bond acceptors (Lipinski definition) is 3. The van der Waals surface area contributed by atoms with E-state index in [1.807, 2.05) is 0 Å². The van der Waals surface area contributed by atoms with E-state index in [1.165, 1.54) is 0 Å². The summed E-state index contributed by atoms with van der Waals surface area (Å²) in [4.78, 5) is 0. The van der Waals surface area contributed by atoms with Gasteiger partial charge in [0.1, 0.15) is 0 Å². The van der Waals surface area contributed by atoms with Crippen LogP contribution in [0.2, 0.25) is 0 Å². The van der Waals surface area contributed by atoms with Gasteiger partial charge in [0.15, 0.2) is 6.29 Å². The third-order valence-corrected chi connectivity index (χ3v) is 4.10. The summed E-state index contributed by atoms with van der Waals surface area (Å²) in [6, 6.07) is 8.41. The zero-order valence-electron chi connectivity index (χ0n) is 14.4. The lowest BCUT2D eigenvalue weighted by Crippen LogP contribution is -2.12. The van der Waals surface area contributed by atoms with E-state index in [2.05, 4.69) is 0 Å². The average molecular weight is 406 g/mol. The molecule has 3 nitrogen and oxygen atoms in total. The largest absolute Gasteiger partial charge is 0.416 e. The lowest BCUT2D eigenvalue weighted by atomic mass is 10.0. The van der Waals surface area contributed by atoms with Gasteiger partial charge in [-0.25, -0.2) is 0 Å². The molecule has 1 saturated heterocycles. The van der Waals surface area contributed by atoms with Crippen LogP contribution < -0.4 is 0 Å². The quantitative estimate of drug-likeness (QED) is 0.615. The molecule has 152 valence electrons. The lowest BCUT2D eigenvalue weighted by molar-refractivity contribution is -0.143. The van der Waals surface area contributed by atoms with E-state index in [-0.39, 0.29) is 18.2 Å². The fourth-order valence-corrected chi connectivity index (χ4v) is 2.82. The van der Waals surface area contributed by atoms with Gasteiger partial charge in [-0.3, -0.25) is 0 Å². The molecule has 1 aliphatic heterocycles. The Hall–Kier alpha value is -2.10.